The first-order chi connectivity index (χ1) is 9.26. The molecule has 1 amide bonds. The molecule has 0 fully saturated rings. The second-order valence-corrected chi connectivity index (χ2v) is 6.35. The lowest BCUT2D eigenvalue weighted by atomic mass is 10.2. The Morgan fingerprint density at radius 3 is 2.89 bits per heavy atom. The largest absolute Gasteiger partial charge is 0.321 e. The molecule has 2 aromatic heterocycles. The second kappa shape index (κ2) is 5.33. The van der Waals surface area contributed by atoms with Gasteiger partial charge in [0, 0.05) is 21.0 Å². The summed E-state index contributed by atoms with van der Waals surface area (Å²) in [5.74, 6) is 0.374. The number of anilines is 1. The van der Waals surface area contributed by atoms with Crippen LogP contribution in [0, 0.1) is 0 Å². The van der Waals surface area contributed by atoms with Gasteiger partial charge in [-0.2, -0.15) is 0 Å². The zero-order chi connectivity index (χ0) is 13.2. The number of nitrogens with one attached hydrogen (secondary N) is 1. The van der Waals surface area contributed by atoms with Gasteiger partial charge in [-0.3, -0.25) is 4.79 Å². The van der Waals surface area contributed by atoms with Crippen molar-refractivity contribution in [2.45, 2.75) is 5.88 Å². The predicted octanol–water partition coefficient (Wildman–Crippen LogP) is 4.95. The first-order valence-corrected chi connectivity index (χ1v) is 7.92. The van der Waals surface area contributed by atoms with E-state index in [9.17, 15) is 4.79 Å². The Morgan fingerprint density at radius 1 is 1.21 bits per heavy atom. The molecule has 0 aliphatic rings. The zero-order valence-electron chi connectivity index (χ0n) is 9.85. The Bertz CT molecular complexity index is 703. The third-order valence-electron chi connectivity index (χ3n) is 2.70. The normalized spacial score (nSPS) is 10.8. The van der Waals surface area contributed by atoms with Gasteiger partial charge in [0.15, 0.2) is 0 Å². The number of halogens is 1. The summed E-state index contributed by atoms with van der Waals surface area (Å²) in [4.78, 5) is 12.9. The van der Waals surface area contributed by atoms with Gasteiger partial charge in [0.2, 0.25) is 0 Å². The molecule has 1 N–H and O–H groups in total. The van der Waals surface area contributed by atoms with E-state index in [1.807, 2.05) is 41.8 Å². The molecule has 96 valence electrons. The second-order valence-electron chi connectivity index (χ2n) is 4.05. The van der Waals surface area contributed by atoms with Crippen molar-refractivity contribution in [1.29, 1.82) is 0 Å². The van der Waals surface area contributed by atoms with Crippen LogP contribution in [0.3, 0.4) is 0 Å². The third kappa shape index (κ3) is 2.66. The van der Waals surface area contributed by atoms with Crippen molar-refractivity contribution in [2.24, 2.45) is 0 Å². The molecular weight excluding hydrogens is 298 g/mol. The number of carbonyl (C=O) groups excluding carboxylic acids is 1. The summed E-state index contributed by atoms with van der Waals surface area (Å²) in [7, 11) is 0. The molecule has 0 atom stereocenters. The highest BCUT2D eigenvalue weighted by Crippen LogP contribution is 2.30. The minimum Gasteiger partial charge on any atom is -0.321 e. The van der Waals surface area contributed by atoms with Crippen LogP contribution < -0.4 is 5.32 Å². The lowest BCUT2D eigenvalue weighted by molar-refractivity contribution is 0.103. The summed E-state index contributed by atoms with van der Waals surface area (Å²) in [6.45, 7) is 0. The van der Waals surface area contributed by atoms with Gasteiger partial charge in [-0.25, -0.2) is 0 Å². The van der Waals surface area contributed by atoms with Crippen molar-refractivity contribution in [3.8, 4) is 0 Å². The van der Waals surface area contributed by atoms with E-state index in [4.69, 9.17) is 11.6 Å². The monoisotopic (exact) mass is 307 g/mol. The number of amides is 1. The van der Waals surface area contributed by atoms with Gasteiger partial charge < -0.3 is 5.32 Å². The molecule has 3 aromatic rings. The molecule has 1 aromatic carbocycles. The molecule has 0 radical (unpaired) electrons. The molecule has 0 aliphatic heterocycles. The van der Waals surface area contributed by atoms with Gasteiger partial charge in [0.1, 0.15) is 0 Å². The topological polar surface area (TPSA) is 29.1 Å². The van der Waals surface area contributed by atoms with Gasteiger partial charge >= 0.3 is 0 Å². The first kappa shape index (κ1) is 12.7. The number of hydrogen-bond acceptors (Lipinski definition) is 3. The van der Waals surface area contributed by atoms with E-state index in [0.29, 0.717) is 5.88 Å². The Kier molecular flexibility index (Phi) is 3.55. The molecule has 0 saturated heterocycles. The van der Waals surface area contributed by atoms with E-state index < -0.39 is 0 Å². The number of carbonyl (C=O) groups is 1. The molecular formula is C14H10ClNOS2. The average Bonchev–Trinajstić information content (AvgIpc) is 2.99. The van der Waals surface area contributed by atoms with E-state index in [0.717, 1.165) is 25.5 Å². The maximum atomic E-state index is 12.2. The molecule has 5 heteroatoms. The lowest BCUT2D eigenvalue weighted by Gasteiger charge is -2.04. The summed E-state index contributed by atoms with van der Waals surface area (Å²) in [5, 5.41) is 4.94. The highest BCUT2D eigenvalue weighted by Gasteiger charge is 2.11. The number of fused-ring (bicyclic) bond motifs is 1. The summed E-state index contributed by atoms with van der Waals surface area (Å²) >= 11 is 8.95. The van der Waals surface area contributed by atoms with Crippen LogP contribution in [0.15, 0.2) is 41.8 Å². The maximum Gasteiger partial charge on any atom is 0.265 e. The van der Waals surface area contributed by atoms with Crippen molar-refractivity contribution in [2.75, 3.05) is 5.32 Å². The minimum absolute atomic E-state index is 0.0693. The number of alkyl halides is 1. The van der Waals surface area contributed by atoms with Crippen LogP contribution in [0.5, 0.6) is 0 Å². The van der Waals surface area contributed by atoms with Crippen molar-refractivity contribution in [3.05, 3.63) is 52.2 Å². The van der Waals surface area contributed by atoms with Gasteiger partial charge in [-0.1, -0.05) is 12.1 Å². The van der Waals surface area contributed by atoms with Gasteiger partial charge in [0.25, 0.3) is 5.91 Å². The molecule has 19 heavy (non-hydrogen) atoms. The van der Waals surface area contributed by atoms with Gasteiger partial charge in [-0.05, 0) is 35.2 Å². The summed E-state index contributed by atoms with van der Waals surface area (Å²) in [6.07, 6.45) is 0. The smallest absolute Gasteiger partial charge is 0.265 e. The van der Waals surface area contributed by atoms with Crippen LogP contribution >= 0.6 is 34.3 Å². The van der Waals surface area contributed by atoms with Crippen LogP contribution in [0.4, 0.5) is 5.69 Å². The van der Waals surface area contributed by atoms with Crippen LogP contribution in [0.1, 0.15) is 15.2 Å². The van der Waals surface area contributed by atoms with Gasteiger partial charge in [-0.15, -0.1) is 34.3 Å². The van der Waals surface area contributed by atoms with Crippen LogP contribution in [0.2, 0.25) is 0 Å². The fraction of sp³-hybridized carbons (Fsp3) is 0.0714. The standard InChI is InChI=1S/C14H10ClNOS2/c15-8-9-2-1-3-10(6-9)16-14(17)13-7-12-11(19-13)4-5-18-12/h1-7H,8H2,(H,16,17). The molecule has 3 rings (SSSR count). The van der Waals surface area contributed by atoms with E-state index in [2.05, 4.69) is 5.32 Å². The summed E-state index contributed by atoms with van der Waals surface area (Å²) < 4.78 is 2.31. The molecule has 0 aliphatic carbocycles. The van der Waals surface area contributed by atoms with Crippen molar-refractivity contribution >= 4 is 55.3 Å². The van der Waals surface area contributed by atoms with E-state index in [1.54, 1.807) is 11.3 Å². The molecule has 2 heterocycles. The Hall–Kier alpha value is -1.36. The fourth-order valence-corrected chi connectivity index (χ4v) is 3.97. The Morgan fingerprint density at radius 2 is 2.11 bits per heavy atom. The minimum atomic E-state index is -0.0693. The molecule has 0 bridgehead atoms. The highest BCUT2D eigenvalue weighted by molar-refractivity contribution is 7.27. The fourth-order valence-electron chi connectivity index (χ4n) is 1.80. The Balaban J connectivity index is 1.82. The number of hydrogen-bond donors (Lipinski definition) is 1. The zero-order valence-corrected chi connectivity index (χ0v) is 12.2. The Labute approximate surface area is 123 Å². The van der Waals surface area contributed by atoms with Crippen molar-refractivity contribution < 1.29 is 4.79 Å². The lowest BCUT2D eigenvalue weighted by Crippen LogP contribution is -2.10. The first-order valence-electron chi connectivity index (χ1n) is 5.69. The van der Waals surface area contributed by atoms with Gasteiger partial charge in [0.05, 0.1) is 4.88 Å². The number of thiophene rings is 2. The molecule has 2 nitrogen and oxygen atoms in total. The highest BCUT2D eigenvalue weighted by atomic mass is 35.5. The van der Waals surface area contributed by atoms with Crippen molar-refractivity contribution in [1.82, 2.24) is 0 Å². The summed E-state index contributed by atoms with van der Waals surface area (Å²) in [5.41, 5.74) is 1.77. The summed E-state index contributed by atoms with van der Waals surface area (Å²) in [6, 6.07) is 11.6. The SMILES string of the molecule is O=C(Nc1cccc(CCl)c1)c1cc2sccc2s1. The van der Waals surface area contributed by atoms with Crippen LogP contribution in [-0.4, -0.2) is 5.91 Å². The molecule has 0 saturated carbocycles. The van der Waals surface area contributed by atoms with E-state index >= 15 is 0 Å². The van der Waals surface area contributed by atoms with E-state index in [-0.39, 0.29) is 5.91 Å². The van der Waals surface area contributed by atoms with Crippen LogP contribution in [0.25, 0.3) is 9.40 Å². The molecule has 0 spiro atoms. The van der Waals surface area contributed by atoms with Crippen molar-refractivity contribution in [3.63, 3.8) is 0 Å². The average molecular weight is 308 g/mol. The predicted molar refractivity (Wildman–Crippen MR) is 83.7 cm³/mol. The quantitative estimate of drug-likeness (QED) is 0.681. The number of rotatable bonds is 3. The molecule has 0 unspecified atom stereocenters. The third-order valence-corrected chi connectivity index (χ3v) is 5.10. The van der Waals surface area contributed by atoms with Crippen LogP contribution in [-0.2, 0) is 5.88 Å². The maximum absolute atomic E-state index is 12.2. The number of benzene rings is 1. The van der Waals surface area contributed by atoms with E-state index in [1.165, 1.54) is 11.3 Å².